The predicted octanol–water partition coefficient (Wildman–Crippen LogP) is 6.70. The molecule has 2 saturated heterocycles. The molecule has 10 nitrogen and oxygen atoms in total. The van der Waals surface area contributed by atoms with Gasteiger partial charge in [-0.2, -0.15) is 0 Å². The molecule has 2 aliphatic rings. The highest BCUT2D eigenvalue weighted by molar-refractivity contribution is 5.93. The molecule has 0 saturated carbocycles. The van der Waals surface area contributed by atoms with E-state index in [-0.39, 0.29) is 36.5 Å². The molecular formula is C43H43N5O5. The standard InChI is InChI=1S/C43H43N5O5/c49-28-29-11-13-31(14-12-29)40-24-36(27-47-22-19-35(20-23-47)48-39-10-4-3-9-38(39)46-43(48)51)52-42(53-40)32-17-15-30(16-18-32)37-8-2-1-6-33(37)26-45-41(50)34-7-5-21-44-25-34/h1-18,21,25,35-36,40,42,49H,19-20,22-24,26-28H2,(H,45,50)(H,46,51)/t36-,40+,42+/m0/s1. The maximum atomic E-state index is 12.9. The van der Waals surface area contributed by atoms with Gasteiger partial charge in [-0.1, -0.05) is 84.9 Å². The van der Waals surface area contributed by atoms with Gasteiger partial charge in [0.2, 0.25) is 0 Å². The van der Waals surface area contributed by atoms with Gasteiger partial charge in [-0.15, -0.1) is 0 Å². The SMILES string of the molecule is O=C(NCc1ccccc1-c1ccc([C@@H]2O[C@H](CN3CCC(n4c(=O)[nH]c5ccccc54)CC3)C[C@H](c3ccc(CO)cc3)O2)cc1)c1cccnc1. The number of carbonyl (C=O) groups excluding carboxylic acids is 1. The monoisotopic (exact) mass is 709 g/mol. The van der Waals surface area contributed by atoms with Crippen molar-refractivity contribution in [1.82, 2.24) is 24.8 Å². The number of amides is 1. The first-order chi connectivity index (χ1) is 26.0. The van der Waals surface area contributed by atoms with E-state index >= 15 is 0 Å². The summed E-state index contributed by atoms with van der Waals surface area (Å²) < 4.78 is 15.3. The molecular weight excluding hydrogens is 667 g/mol. The van der Waals surface area contributed by atoms with Crippen molar-refractivity contribution in [1.29, 1.82) is 0 Å². The molecule has 0 bridgehead atoms. The normalized spacial score (nSPS) is 19.7. The van der Waals surface area contributed by atoms with E-state index in [9.17, 15) is 14.7 Å². The number of pyridine rings is 1. The van der Waals surface area contributed by atoms with Gasteiger partial charge in [0, 0.05) is 56.6 Å². The average Bonchev–Trinajstić information content (AvgIpc) is 3.56. The highest BCUT2D eigenvalue weighted by Gasteiger charge is 2.34. The second kappa shape index (κ2) is 15.7. The number of piperidine rings is 1. The molecule has 0 radical (unpaired) electrons. The number of aromatic amines is 1. The van der Waals surface area contributed by atoms with Crippen LogP contribution in [0.15, 0.2) is 126 Å². The van der Waals surface area contributed by atoms with Crippen LogP contribution in [0.3, 0.4) is 0 Å². The third kappa shape index (κ3) is 7.72. The fourth-order valence-electron chi connectivity index (χ4n) is 7.67. The van der Waals surface area contributed by atoms with E-state index in [4.69, 9.17) is 9.47 Å². The Balaban J connectivity index is 0.970. The summed E-state index contributed by atoms with van der Waals surface area (Å²) in [6.07, 6.45) is 4.86. The fraction of sp³-hybridized carbons (Fsp3) is 0.279. The van der Waals surface area contributed by atoms with Crippen LogP contribution in [-0.4, -0.2) is 56.2 Å². The highest BCUT2D eigenvalue weighted by atomic mass is 16.7. The lowest BCUT2D eigenvalue weighted by Gasteiger charge is -2.40. The molecule has 0 aliphatic carbocycles. The first-order valence-electron chi connectivity index (χ1n) is 18.3. The van der Waals surface area contributed by atoms with E-state index < -0.39 is 6.29 Å². The maximum absolute atomic E-state index is 12.9. The number of hydrogen-bond acceptors (Lipinski definition) is 7. The lowest BCUT2D eigenvalue weighted by atomic mass is 9.97. The smallest absolute Gasteiger partial charge is 0.326 e. The van der Waals surface area contributed by atoms with Crippen LogP contribution in [0.5, 0.6) is 0 Å². The van der Waals surface area contributed by atoms with Crippen molar-refractivity contribution >= 4 is 16.9 Å². The van der Waals surface area contributed by atoms with Crippen LogP contribution < -0.4 is 11.0 Å². The van der Waals surface area contributed by atoms with Crippen molar-refractivity contribution in [3.8, 4) is 11.1 Å². The van der Waals surface area contributed by atoms with Gasteiger partial charge in [0.05, 0.1) is 35.4 Å². The van der Waals surface area contributed by atoms with Crippen molar-refractivity contribution in [3.05, 3.63) is 160 Å². The van der Waals surface area contributed by atoms with Crippen LogP contribution in [0.4, 0.5) is 0 Å². The zero-order valence-electron chi connectivity index (χ0n) is 29.4. The Bertz CT molecular complexity index is 2210. The first kappa shape index (κ1) is 34.7. The quantitative estimate of drug-likeness (QED) is 0.145. The minimum absolute atomic E-state index is 0.00680. The van der Waals surface area contributed by atoms with Gasteiger partial charge < -0.3 is 29.8 Å². The summed E-state index contributed by atoms with van der Waals surface area (Å²) in [6, 6.07) is 35.9. The van der Waals surface area contributed by atoms with E-state index in [0.717, 1.165) is 76.9 Å². The zero-order chi connectivity index (χ0) is 36.1. The number of fused-ring (bicyclic) bond motifs is 1. The molecule has 2 fully saturated rings. The summed E-state index contributed by atoms with van der Waals surface area (Å²) in [4.78, 5) is 35.1. The zero-order valence-corrected chi connectivity index (χ0v) is 29.4. The van der Waals surface area contributed by atoms with Gasteiger partial charge in [-0.25, -0.2) is 4.79 Å². The molecule has 3 atom stereocenters. The van der Waals surface area contributed by atoms with Crippen LogP contribution in [0, 0.1) is 0 Å². The number of nitrogens with one attached hydrogen (secondary N) is 2. The van der Waals surface area contributed by atoms with Crippen molar-refractivity contribution in [3.63, 3.8) is 0 Å². The number of aliphatic hydroxyl groups excluding tert-OH is 1. The molecule has 53 heavy (non-hydrogen) atoms. The second-order valence-electron chi connectivity index (χ2n) is 13.9. The summed E-state index contributed by atoms with van der Waals surface area (Å²) in [7, 11) is 0. The van der Waals surface area contributed by atoms with Crippen LogP contribution in [0.2, 0.25) is 0 Å². The molecule has 4 aromatic carbocycles. The van der Waals surface area contributed by atoms with E-state index in [1.165, 1.54) is 0 Å². The number of carbonyl (C=O) groups is 1. The number of aromatic nitrogens is 3. The minimum Gasteiger partial charge on any atom is -0.392 e. The number of aliphatic hydroxyl groups is 1. The van der Waals surface area contributed by atoms with Crippen molar-refractivity contribution in [2.75, 3.05) is 19.6 Å². The molecule has 270 valence electrons. The summed E-state index contributed by atoms with van der Waals surface area (Å²) >= 11 is 0. The summed E-state index contributed by atoms with van der Waals surface area (Å²) in [6.45, 7) is 2.88. The Kier molecular flexibility index (Phi) is 10.3. The van der Waals surface area contributed by atoms with E-state index in [2.05, 4.69) is 50.5 Å². The van der Waals surface area contributed by atoms with Crippen LogP contribution in [0.25, 0.3) is 22.2 Å². The molecule has 2 aliphatic heterocycles. The van der Waals surface area contributed by atoms with E-state index in [1.807, 2.05) is 71.3 Å². The predicted molar refractivity (Wildman–Crippen MR) is 203 cm³/mol. The molecule has 4 heterocycles. The molecule has 2 aromatic heterocycles. The molecule has 0 spiro atoms. The van der Waals surface area contributed by atoms with Crippen molar-refractivity contribution in [2.45, 2.75) is 57.0 Å². The number of likely N-dealkylation sites (tertiary alicyclic amines) is 1. The number of H-pyrrole nitrogens is 1. The average molecular weight is 710 g/mol. The highest BCUT2D eigenvalue weighted by Crippen LogP contribution is 2.39. The second-order valence-corrected chi connectivity index (χ2v) is 13.9. The van der Waals surface area contributed by atoms with Gasteiger partial charge in [0.25, 0.3) is 5.91 Å². The molecule has 10 heteroatoms. The van der Waals surface area contributed by atoms with E-state index in [0.29, 0.717) is 18.5 Å². The Morgan fingerprint density at radius 3 is 2.40 bits per heavy atom. The van der Waals surface area contributed by atoms with Gasteiger partial charge in [0.15, 0.2) is 6.29 Å². The number of para-hydroxylation sites is 2. The van der Waals surface area contributed by atoms with Gasteiger partial charge in [-0.05, 0) is 64.9 Å². The molecule has 1 amide bonds. The van der Waals surface area contributed by atoms with Crippen LogP contribution in [-0.2, 0) is 22.6 Å². The van der Waals surface area contributed by atoms with E-state index in [1.54, 1.807) is 24.5 Å². The Hall–Kier alpha value is -5.39. The van der Waals surface area contributed by atoms with Crippen LogP contribution in [0.1, 0.15) is 70.3 Å². The number of ether oxygens (including phenoxy) is 2. The number of rotatable bonds is 10. The Labute approximate surface area is 308 Å². The van der Waals surface area contributed by atoms with Crippen molar-refractivity contribution in [2.24, 2.45) is 0 Å². The minimum atomic E-state index is -0.568. The largest absolute Gasteiger partial charge is 0.392 e. The molecule has 6 aromatic rings. The first-order valence-corrected chi connectivity index (χ1v) is 18.3. The molecule has 3 N–H and O–H groups in total. The molecule has 0 unspecified atom stereocenters. The topological polar surface area (TPSA) is 122 Å². The maximum Gasteiger partial charge on any atom is 0.326 e. The summed E-state index contributed by atoms with van der Waals surface area (Å²) in [5.41, 5.74) is 8.23. The number of imidazole rings is 1. The molecule has 8 rings (SSSR count). The summed E-state index contributed by atoms with van der Waals surface area (Å²) in [5, 5.41) is 12.6. The Morgan fingerprint density at radius 1 is 0.868 bits per heavy atom. The number of nitrogens with zero attached hydrogens (tertiary/aromatic N) is 3. The third-order valence-electron chi connectivity index (χ3n) is 10.5. The summed E-state index contributed by atoms with van der Waals surface area (Å²) in [5.74, 6) is -0.168. The number of hydrogen-bond donors (Lipinski definition) is 3. The number of benzene rings is 4. The van der Waals surface area contributed by atoms with Gasteiger partial charge in [-0.3, -0.25) is 14.3 Å². The third-order valence-corrected chi connectivity index (χ3v) is 10.5. The van der Waals surface area contributed by atoms with Crippen LogP contribution >= 0.6 is 0 Å². The lowest BCUT2D eigenvalue weighted by molar-refractivity contribution is -0.253. The fourth-order valence-corrected chi connectivity index (χ4v) is 7.67. The Morgan fingerprint density at radius 2 is 1.62 bits per heavy atom. The van der Waals surface area contributed by atoms with Crippen molar-refractivity contribution < 1.29 is 19.4 Å². The lowest BCUT2D eigenvalue weighted by Crippen LogP contribution is -2.43. The van der Waals surface area contributed by atoms with Gasteiger partial charge >= 0.3 is 5.69 Å². The van der Waals surface area contributed by atoms with Gasteiger partial charge in [0.1, 0.15) is 0 Å².